The van der Waals surface area contributed by atoms with Gasteiger partial charge in [0, 0.05) is 37.8 Å². The smallest absolute Gasteiger partial charge is 0.223 e. The van der Waals surface area contributed by atoms with Crippen molar-refractivity contribution in [1.29, 1.82) is 0 Å². The molecule has 1 aromatic rings. The van der Waals surface area contributed by atoms with E-state index in [1.54, 1.807) is 0 Å². The molecule has 0 radical (unpaired) electrons. The molecular weight excluding hydrogens is 216 g/mol. The highest BCUT2D eigenvalue weighted by Crippen LogP contribution is 2.21. The Kier molecular flexibility index (Phi) is 3.19. The summed E-state index contributed by atoms with van der Waals surface area (Å²) < 4.78 is 1.87. The fourth-order valence-corrected chi connectivity index (χ4v) is 2.40. The van der Waals surface area contributed by atoms with Gasteiger partial charge in [-0.2, -0.15) is 5.10 Å². The Morgan fingerprint density at radius 1 is 1.47 bits per heavy atom. The first kappa shape index (κ1) is 12.1. The molecule has 2 rings (SSSR count). The first-order chi connectivity index (χ1) is 8.02. The average Bonchev–Trinajstić information content (AvgIpc) is 2.75. The van der Waals surface area contributed by atoms with Crippen molar-refractivity contribution in [3.63, 3.8) is 0 Å². The van der Waals surface area contributed by atoms with E-state index in [-0.39, 0.29) is 5.91 Å². The standard InChI is InChI=1S/C12H20N4O/c1-8-11(9(2)15(3)14-8)7-16-6-10(5-13)4-12(16)17/h10H,4-7,13H2,1-3H3. The Balaban J connectivity index is 2.14. The van der Waals surface area contributed by atoms with Gasteiger partial charge in [0.1, 0.15) is 0 Å². The van der Waals surface area contributed by atoms with Gasteiger partial charge < -0.3 is 10.6 Å². The molecule has 1 aliphatic heterocycles. The second-order valence-corrected chi connectivity index (χ2v) is 4.85. The fourth-order valence-electron chi connectivity index (χ4n) is 2.40. The average molecular weight is 236 g/mol. The Bertz CT molecular complexity index is 438. The molecular formula is C12H20N4O. The number of nitrogens with zero attached hydrogens (tertiary/aromatic N) is 3. The molecule has 5 nitrogen and oxygen atoms in total. The maximum absolute atomic E-state index is 11.8. The van der Waals surface area contributed by atoms with Crippen LogP contribution in [0.25, 0.3) is 0 Å². The Hall–Kier alpha value is -1.36. The van der Waals surface area contributed by atoms with Gasteiger partial charge in [-0.15, -0.1) is 0 Å². The number of aromatic nitrogens is 2. The monoisotopic (exact) mass is 236 g/mol. The van der Waals surface area contributed by atoms with Crippen LogP contribution < -0.4 is 5.73 Å². The second-order valence-electron chi connectivity index (χ2n) is 4.85. The first-order valence-corrected chi connectivity index (χ1v) is 5.99. The molecule has 94 valence electrons. The highest BCUT2D eigenvalue weighted by atomic mass is 16.2. The minimum atomic E-state index is 0.211. The molecule has 5 heteroatoms. The maximum Gasteiger partial charge on any atom is 0.223 e. The van der Waals surface area contributed by atoms with Crippen molar-refractivity contribution in [3.8, 4) is 0 Å². The van der Waals surface area contributed by atoms with Crippen molar-refractivity contribution in [2.45, 2.75) is 26.8 Å². The molecule has 1 atom stereocenters. The van der Waals surface area contributed by atoms with Gasteiger partial charge in [-0.25, -0.2) is 0 Å². The lowest BCUT2D eigenvalue weighted by Gasteiger charge is -2.16. The Morgan fingerprint density at radius 2 is 2.18 bits per heavy atom. The first-order valence-electron chi connectivity index (χ1n) is 5.99. The molecule has 2 heterocycles. The zero-order valence-corrected chi connectivity index (χ0v) is 10.7. The van der Waals surface area contributed by atoms with Crippen LogP contribution in [-0.2, 0) is 18.4 Å². The molecule has 0 saturated carbocycles. The van der Waals surface area contributed by atoms with E-state index < -0.39 is 0 Å². The van der Waals surface area contributed by atoms with E-state index in [1.165, 1.54) is 5.56 Å². The van der Waals surface area contributed by atoms with Crippen molar-refractivity contribution in [3.05, 3.63) is 17.0 Å². The minimum Gasteiger partial charge on any atom is -0.338 e. The summed E-state index contributed by atoms with van der Waals surface area (Å²) >= 11 is 0. The molecule has 0 aliphatic carbocycles. The van der Waals surface area contributed by atoms with Crippen LogP contribution in [0.15, 0.2) is 0 Å². The van der Waals surface area contributed by atoms with Gasteiger partial charge in [0.2, 0.25) is 5.91 Å². The number of amides is 1. The number of carbonyl (C=O) groups is 1. The van der Waals surface area contributed by atoms with Crippen molar-refractivity contribution >= 4 is 5.91 Å². The summed E-state index contributed by atoms with van der Waals surface area (Å²) in [5.74, 6) is 0.530. The lowest BCUT2D eigenvalue weighted by atomic mass is 10.1. The van der Waals surface area contributed by atoms with Crippen LogP contribution >= 0.6 is 0 Å². The molecule has 1 fully saturated rings. The summed E-state index contributed by atoms with van der Waals surface area (Å²) in [7, 11) is 1.93. The lowest BCUT2D eigenvalue weighted by molar-refractivity contribution is -0.128. The highest BCUT2D eigenvalue weighted by molar-refractivity contribution is 5.78. The molecule has 0 spiro atoms. The number of rotatable bonds is 3. The number of likely N-dealkylation sites (tertiary alicyclic amines) is 1. The SMILES string of the molecule is Cc1nn(C)c(C)c1CN1CC(CN)CC1=O. The van der Waals surface area contributed by atoms with Gasteiger partial charge in [0.15, 0.2) is 0 Å². The number of nitrogens with two attached hydrogens (primary N) is 1. The molecule has 17 heavy (non-hydrogen) atoms. The summed E-state index contributed by atoms with van der Waals surface area (Å²) in [4.78, 5) is 13.7. The molecule has 1 saturated heterocycles. The van der Waals surface area contributed by atoms with E-state index in [0.717, 1.165) is 17.9 Å². The zero-order chi connectivity index (χ0) is 12.6. The quantitative estimate of drug-likeness (QED) is 0.823. The molecule has 1 unspecified atom stereocenters. The number of hydrogen-bond acceptors (Lipinski definition) is 3. The van der Waals surface area contributed by atoms with E-state index in [4.69, 9.17) is 5.73 Å². The van der Waals surface area contributed by atoms with Crippen LogP contribution in [0.5, 0.6) is 0 Å². The number of aryl methyl sites for hydroxylation is 2. The van der Waals surface area contributed by atoms with E-state index in [1.807, 2.05) is 30.5 Å². The lowest BCUT2D eigenvalue weighted by Crippen LogP contribution is -2.26. The van der Waals surface area contributed by atoms with E-state index >= 15 is 0 Å². The van der Waals surface area contributed by atoms with Crippen LogP contribution in [0, 0.1) is 19.8 Å². The third kappa shape index (κ3) is 2.20. The summed E-state index contributed by atoms with van der Waals surface area (Å²) in [6.07, 6.45) is 0.592. The summed E-state index contributed by atoms with van der Waals surface area (Å²) in [5, 5.41) is 4.37. The van der Waals surface area contributed by atoms with Crippen molar-refractivity contribution < 1.29 is 4.79 Å². The van der Waals surface area contributed by atoms with Crippen LogP contribution in [0.3, 0.4) is 0 Å². The van der Waals surface area contributed by atoms with Crippen LogP contribution in [0.1, 0.15) is 23.4 Å². The maximum atomic E-state index is 11.8. The molecule has 0 aromatic carbocycles. The Morgan fingerprint density at radius 3 is 2.65 bits per heavy atom. The third-order valence-electron chi connectivity index (χ3n) is 3.64. The predicted octanol–water partition coefficient (Wildman–Crippen LogP) is 0.344. The zero-order valence-electron chi connectivity index (χ0n) is 10.7. The van der Waals surface area contributed by atoms with Crippen molar-refractivity contribution in [1.82, 2.24) is 14.7 Å². The van der Waals surface area contributed by atoms with Crippen LogP contribution in [0.4, 0.5) is 0 Å². The van der Waals surface area contributed by atoms with Gasteiger partial charge in [0.05, 0.1) is 5.69 Å². The van der Waals surface area contributed by atoms with Gasteiger partial charge in [-0.3, -0.25) is 9.48 Å². The molecule has 1 aliphatic rings. The topological polar surface area (TPSA) is 64.2 Å². The number of carbonyl (C=O) groups excluding carboxylic acids is 1. The van der Waals surface area contributed by atoms with Gasteiger partial charge in [-0.05, 0) is 26.3 Å². The predicted molar refractivity (Wildman–Crippen MR) is 65.3 cm³/mol. The van der Waals surface area contributed by atoms with E-state index in [2.05, 4.69) is 5.10 Å². The van der Waals surface area contributed by atoms with Crippen molar-refractivity contribution in [2.75, 3.05) is 13.1 Å². The summed E-state index contributed by atoms with van der Waals surface area (Å²) in [6, 6.07) is 0. The molecule has 0 bridgehead atoms. The van der Waals surface area contributed by atoms with Crippen LogP contribution in [0.2, 0.25) is 0 Å². The molecule has 2 N–H and O–H groups in total. The summed E-state index contributed by atoms with van der Waals surface area (Å²) in [6.45, 7) is 6.07. The molecule has 1 amide bonds. The Labute approximate surface area is 102 Å². The van der Waals surface area contributed by atoms with Crippen molar-refractivity contribution in [2.24, 2.45) is 18.7 Å². The normalized spacial score (nSPS) is 20.4. The van der Waals surface area contributed by atoms with Gasteiger partial charge in [0.25, 0.3) is 0 Å². The highest BCUT2D eigenvalue weighted by Gasteiger charge is 2.29. The fraction of sp³-hybridized carbons (Fsp3) is 0.667. The van der Waals surface area contributed by atoms with E-state index in [9.17, 15) is 4.79 Å². The van der Waals surface area contributed by atoms with Gasteiger partial charge in [-0.1, -0.05) is 0 Å². The van der Waals surface area contributed by atoms with Crippen LogP contribution in [-0.4, -0.2) is 33.7 Å². The van der Waals surface area contributed by atoms with Gasteiger partial charge >= 0.3 is 0 Å². The number of hydrogen-bond donors (Lipinski definition) is 1. The minimum absolute atomic E-state index is 0.211. The third-order valence-corrected chi connectivity index (χ3v) is 3.64. The second kappa shape index (κ2) is 4.49. The largest absolute Gasteiger partial charge is 0.338 e. The summed E-state index contributed by atoms with van der Waals surface area (Å²) in [5.41, 5.74) is 8.92. The molecule has 1 aromatic heterocycles. The van der Waals surface area contributed by atoms with E-state index in [0.29, 0.717) is 25.4 Å².